The van der Waals surface area contributed by atoms with Gasteiger partial charge in [0, 0.05) is 11.3 Å². The van der Waals surface area contributed by atoms with Gasteiger partial charge in [-0.05, 0) is 36.0 Å². The van der Waals surface area contributed by atoms with E-state index in [1.165, 1.54) is 0 Å². The van der Waals surface area contributed by atoms with Crippen molar-refractivity contribution < 1.29 is 19.1 Å². The second kappa shape index (κ2) is 10.1. The Morgan fingerprint density at radius 3 is 2.17 bits per heavy atom. The van der Waals surface area contributed by atoms with Crippen LogP contribution in [0.2, 0.25) is 0 Å². The number of nitrogens with one attached hydrogen (secondary N) is 1. The zero-order valence-corrected chi connectivity index (χ0v) is 18.2. The van der Waals surface area contributed by atoms with Gasteiger partial charge >= 0.3 is 5.97 Å². The van der Waals surface area contributed by atoms with Crippen LogP contribution in [-0.2, 0) is 20.7 Å². The molecule has 0 aromatic heterocycles. The van der Waals surface area contributed by atoms with Gasteiger partial charge in [-0.15, -0.1) is 0 Å². The highest BCUT2D eigenvalue weighted by Gasteiger charge is 2.17. The summed E-state index contributed by atoms with van der Waals surface area (Å²) in [5.74, 6) is 0.347. The van der Waals surface area contributed by atoms with Crippen molar-refractivity contribution in [1.29, 1.82) is 0 Å². The molecule has 0 aliphatic heterocycles. The minimum Gasteiger partial charge on any atom is -0.496 e. The van der Waals surface area contributed by atoms with Crippen LogP contribution in [0.25, 0.3) is 0 Å². The lowest BCUT2D eigenvalue weighted by atomic mass is 9.92. The van der Waals surface area contributed by atoms with Gasteiger partial charge in [-0.1, -0.05) is 63.6 Å². The van der Waals surface area contributed by atoms with E-state index in [0.29, 0.717) is 5.75 Å². The Bertz CT molecular complexity index is 845. The third-order valence-electron chi connectivity index (χ3n) is 4.77. The van der Waals surface area contributed by atoms with E-state index in [1.54, 1.807) is 7.11 Å². The summed E-state index contributed by atoms with van der Waals surface area (Å²) in [5.41, 5.74) is 4.72. The number of hydrogen-bond acceptors (Lipinski definition) is 4. The van der Waals surface area contributed by atoms with Crippen LogP contribution in [0.1, 0.15) is 61.8 Å². The van der Waals surface area contributed by atoms with Crippen molar-refractivity contribution in [2.24, 2.45) is 0 Å². The normalized spacial score (nSPS) is 10.9. The quantitative estimate of drug-likeness (QED) is 0.639. The largest absolute Gasteiger partial charge is 0.496 e. The number of benzene rings is 2. The van der Waals surface area contributed by atoms with Crippen molar-refractivity contribution in [3.63, 3.8) is 0 Å². The lowest BCUT2D eigenvalue weighted by molar-refractivity contribution is -0.146. The SMILES string of the molecule is COc1ccc(C)cc1CC(=O)OCC(=O)Nc1c(C(C)C)cccc1C(C)C. The Balaban J connectivity index is 2.04. The van der Waals surface area contributed by atoms with E-state index < -0.39 is 5.97 Å². The van der Waals surface area contributed by atoms with E-state index in [0.717, 1.165) is 27.9 Å². The molecule has 0 saturated heterocycles. The number of carbonyl (C=O) groups is 2. The van der Waals surface area contributed by atoms with Gasteiger partial charge in [-0.3, -0.25) is 9.59 Å². The lowest BCUT2D eigenvalue weighted by Gasteiger charge is -2.20. The third-order valence-corrected chi connectivity index (χ3v) is 4.77. The summed E-state index contributed by atoms with van der Waals surface area (Å²) in [6.07, 6.45) is 0.0535. The van der Waals surface area contributed by atoms with Crippen molar-refractivity contribution >= 4 is 17.6 Å². The van der Waals surface area contributed by atoms with Crippen molar-refractivity contribution in [2.75, 3.05) is 19.0 Å². The molecule has 2 aromatic carbocycles. The number of rotatable bonds is 8. The fraction of sp³-hybridized carbons (Fsp3) is 0.417. The van der Waals surface area contributed by atoms with Gasteiger partial charge in [0.25, 0.3) is 5.91 Å². The van der Waals surface area contributed by atoms with Crippen molar-refractivity contribution in [3.05, 3.63) is 58.7 Å². The Morgan fingerprint density at radius 2 is 1.62 bits per heavy atom. The molecule has 5 nitrogen and oxygen atoms in total. The van der Waals surface area contributed by atoms with Crippen LogP contribution in [0.4, 0.5) is 5.69 Å². The molecule has 29 heavy (non-hydrogen) atoms. The Kier molecular flexibility index (Phi) is 7.82. The highest BCUT2D eigenvalue weighted by Crippen LogP contribution is 2.32. The van der Waals surface area contributed by atoms with Gasteiger partial charge in [-0.2, -0.15) is 0 Å². The number of amides is 1. The van der Waals surface area contributed by atoms with Crippen LogP contribution < -0.4 is 10.1 Å². The standard InChI is InChI=1S/C24H31NO4/c1-15(2)19-8-7-9-20(16(3)4)24(19)25-22(26)14-29-23(27)13-18-12-17(5)10-11-21(18)28-6/h7-12,15-16H,13-14H2,1-6H3,(H,25,26). The van der Waals surface area contributed by atoms with Crippen molar-refractivity contribution in [2.45, 2.75) is 52.9 Å². The summed E-state index contributed by atoms with van der Waals surface area (Å²) in [5, 5.41) is 2.95. The summed E-state index contributed by atoms with van der Waals surface area (Å²) in [7, 11) is 1.56. The molecule has 0 bridgehead atoms. The van der Waals surface area contributed by atoms with Gasteiger partial charge in [0.1, 0.15) is 5.75 Å². The Hall–Kier alpha value is -2.82. The van der Waals surface area contributed by atoms with Gasteiger partial charge < -0.3 is 14.8 Å². The third kappa shape index (κ3) is 6.08. The number of para-hydroxylation sites is 1. The molecule has 2 rings (SSSR count). The maximum absolute atomic E-state index is 12.5. The predicted octanol–water partition coefficient (Wildman–Crippen LogP) is 4.97. The molecule has 0 radical (unpaired) electrons. The number of methoxy groups -OCH3 is 1. The first-order chi connectivity index (χ1) is 13.7. The average Bonchev–Trinajstić information content (AvgIpc) is 2.66. The summed E-state index contributed by atoms with van der Waals surface area (Å²) < 4.78 is 10.5. The second-order valence-electron chi connectivity index (χ2n) is 7.82. The first kappa shape index (κ1) is 22.5. The molecule has 1 N–H and O–H groups in total. The fourth-order valence-electron chi connectivity index (χ4n) is 3.27. The number of hydrogen-bond donors (Lipinski definition) is 1. The first-order valence-electron chi connectivity index (χ1n) is 9.94. The van der Waals surface area contributed by atoms with Crippen LogP contribution in [0, 0.1) is 6.92 Å². The second-order valence-corrected chi connectivity index (χ2v) is 7.82. The summed E-state index contributed by atoms with van der Waals surface area (Å²) in [6.45, 7) is 9.97. The molecule has 0 heterocycles. The van der Waals surface area contributed by atoms with Gasteiger partial charge in [0.2, 0.25) is 0 Å². The Labute approximate surface area is 173 Å². The van der Waals surface area contributed by atoms with E-state index in [2.05, 4.69) is 33.0 Å². The highest BCUT2D eigenvalue weighted by molar-refractivity contribution is 5.94. The predicted molar refractivity (Wildman–Crippen MR) is 116 cm³/mol. The summed E-state index contributed by atoms with van der Waals surface area (Å²) >= 11 is 0. The molecule has 1 amide bonds. The van der Waals surface area contributed by atoms with Crippen molar-refractivity contribution in [3.8, 4) is 5.75 Å². The molecule has 0 unspecified atom stereocenters. The van der Waals surface area contributed by atoms with E-state index in [-0.39, 0.29) is 30.8 Å². The van der Waals surface area contributed by atoms with E-state index in [4.69, 9.17) is 9.47 Å². The molecule has 0 spiro atoms. The van der Waals surface area contributed by atoms with Crippen LogP contribution in [0.5, 0.6) is 5.75 Å². The van der Waals surface area contributed by atoms with E-state index in [1.807, 2.05) is 43.3 Å². The number of aryl methyl sites for hydroxylation is 1. The molecule has 0 fully saturated rings. The summed E-state index contributed by atoms with van der Waals surface area (Å²) in [4.78, 5) is 24.7. The van der Waals surface area contributed by atoms with E-state index in [9.17, 15) is 9.59 Å². The lowest BCUT2D eigenvalue weighted by Crippen LogP contribution is -2.23. The molecule has 156 valence electrons. The number of carbonyl (C=O) groups excluding carboxylic acids is 2. The maximum atomic E-state index is 12.5. The molecule has 0 atom stereocenters. The zero-order valence-electron chi connectivity index (χ0n) is 18.2. The first-order valence-corrected chi connectivity index (χ1v) is 9.94. The topological polar surface area (TPSA) is 64.6 Å². The highest BCUT2D eigenvalue weighted by atomic mass is 16.5. The molecule has 2 aromatic rings. The van der Waals surface area contributed by atoms with Crippen LogP contribution in [0.3, 0.4) is 0 Å². The monoisotopic (exact) mass is 397 g/mol. The fourth-order valence-corrected chi connectivity index (χ4v) is 3.27. The van der Waals surface area contributed by atoms with Crippen LogP contribution >= 0.6 is 0 Å². The van der Waals surface area contributed by atoms with Crippen molar-refractivity contribution in [1.82, 2.24) is 0 Å². The molecule has 0 saturated carbocycles. The number of anilines is 1. The Morgan fingerprint density at radius 1 is 1.00 bits per heavy atom. The van der Waals surface area contributed by atoms with E-state index >= 15 is 0 Å². The number of esters is 1. The van der Waals surface area contributed by atoms with Gasteiger partial charge in [0.05, 0.1) is 13.5 Å². The smallest absolute Gasteiger partial charge is 0.310 e. The molecule has 5 heteroatoms. The molecular formula is C24H31NO4. The van der Waals surface area contributed by atoms with Gasteiger partial charge in [0.15, 0.2) is 6.61 Å². The van der Waals surface area contributed by atoms with Crippen LogP contribution in [-0.4, -0.2) is 25.6 Å². The molecule has 0 aliphatic rings. The summed E-state index contributed by atoms with van der Waals surface area (Å²) in [6, 6.07) is 11.7. The molecular weight excluding hydrogens is 366 g/mol. The zero-order chi connectivity index (χ0) is 21.6. The molecule has 0 aliphatic carbocycles. The minimum absolute atomic E-state index is 0.0535. The minimum atomic E-state index is -0.467. The van der Waals surface area contributed by atoms with Gasteiger partial charge in [-0.25, -0.2) is 0 Å². The number of ether oxygens (including phenoxy) is 2. The maximum Gasteiger partial charge on any atom is 0.310 e. The average molecular weight is 398 g/mol. The van der Waals surface area contributed by atoms with Crippen LogP contribution in [0.15, 0.2) is 36.4 Å².